The van der Waals surface area contributed by atoms with Crippen LogP contribution in [0.4, 0.5) is 40.2 Å². The van der Waals surface area contributed by atoms with E-state index in [4.69, 9.17) is 9.47 Å². The molecule has 13 heteroatoms. The minimum Gasteiger partial charge on any atom is -0.446 e. The molecule has 10 nitrogen and oxygen atoms in total. The number of ether oxygens (including phenoxy) is 2. The summed E-state index contributed by atoms with van der Waals surface area (Å²) >= 11 is 0. The molecule has 2 aromatic heterocycles. The van der Waals surface area contributed by atoms with Crippen LogP contribution in [0.2, 0.25) is 0 Å². The molecule has 0 aliphatic carbocycles. The quantitative estimate of drug-likeness (QED) is 0.609. The van der Waals surface area contributed by atoms with E-state index in [1.54, 1.807) is 26.8 Å². The molecule has 36 heavy (non-hydrogen) atoms. The minimum absolute atomic E-state index is 0.0126. The molecular weight excluding hydrogens is 483 g/mol. The first-order chi connectivity index (χ1) is 16.6. The highest BCUT2D eigenvalue weighted by molar-refractivity contribution is 6.05. The van der Waals surface area contributed by atoms with Gasteiger partial charge in [0, 0.05) is 19.8 Å². The Balaban J connectivity index is 1.88. The van der Waals surface area contributed by atoms with Gasteiger partial charge in [-0.2, -0.15) is 13.2 Å². The van der Waals surface area contributed by atoms with E-state index in [1.165, 1.54) is 33.2 Å². The summed E-state index contributed by atoms with van der Waals surface area (Å²) < 4.78 is 50.2. The number of pyridine rings is 2. The van der Waals surface area contributed by atoms with Gasteiger partial charge in [-0.25, -0.2) is 24.5 Å². The topological polar surface area (TPSA) is 105 Å². The van der Waals surface area contributed by atoms with Crippen molar-refractivity contribution in [2.24, 2.45) is 0 Å². The SMILES string of the molecule is Cc1cc(C(F)(F)F)cc(N2C(=O)OCC2C(=O)N(C)c2cccc(N(C)C(=O)OC(C)(C)C)n2)n1. The van der Waals surface area contributed by atoms with E-state index in [1.807, 2.05) is 0 Å². The summed E-state index contributed by atoms with van der Waals surface area (Å²) in [7, 11) is 2.84. The normalized spacial score (nSPS) is 16.0. The van der Waals surface area contributed by atoms with Gasteiger partial charge in [-0.05, 0) is 52.0 Å². The van der Waals surface area contributed by atoms with Crippen LogP contribution in [0.15, 0.2) is 30.3 Å². The van der Waals surface area contributed by atoms with Crippen molar-refractivity contribution in [3.63, 3.8) is 0 Å². The summed E-state index contributed by atoms with van der Waals surface area (Å²) in [6.07, 6.45) is -6.33. The number of hydrogen-bond acceptors (Lipinski definition) is 7. The standard InChI is InChI=1S/C23H26F3N5O5/c1-13-10-14(23(24,25)26)11-18(27-13)31-15(12-35-21(31)34)19(32)29(5)16-8-7-9-17(28-16)30(6)20(33)36-22(2,3)4/h7-11,15H,12H2,1-6H3. The number of carbonyl (C=O) groups is 3. The van der Waals surface area contributed by atoms with Gasteiger partial charge in [-0.3, -0.25) is 14.6 Å². The fourth-order valence-electron chi connectivity index (χ4n) is 3.34. The summed E-state index contributed by atoms with van der Waals surface area (Å²) in [4.78, 5) is 49.5. The fourth-order valence-corrected chi connectivity index (χ4v) is 3.34. The van der Waals surface area contributed by atoms with Crippen LogP contribution in [0.1, 0.15) is 32.0 Å². The number of anilines is 3. The summed E-state index contributed by atoms with van der Waals surface area (Å²) in [5, 5.41) is 0. The van der Waals surface area contributed by atoms with Crippen molar-refractivity contribution >= 4 is 35.5 Å². The zero-order valence-corrected chi connectivity index (χ0v) is 20.6. The number of carbonyl (C=O) groups excluding carboxylic acids is 3. The van der Waals surface area contributed by atoms with Crippen LogP contribution >= 0.6 is 0 Å². The number of cyclic esters (lactones) is 1. The number of hydrogen-bond donors (Lipinski definition) is 0. The Bertz CT molecular complexity index is 1180. The maximum Gasteiger partial charge on any atom is 0.416 e. The zero-order chi connectivity index (χ0) is 27.0. The molecular formula is C23H26F3N5O5. The molecule has 2 aromatic rings. The average molecular weight is 509 g/mol. The smallest absolute Gasteiger partial charge is 0.416 e. The van der Waals surface area contributed by atoms with Crippen LogP contribution in [0, 0.1) is 6.92 Å². The van der Waals surface area contributed by atoms with Crippen LogP contribution in [0.25, 0.3) is 0 Å². The fraction of sp³-hybridized carbons (Fsp3) is 0.435. The summed E-state index contributed by atoms with van der Waals surface area (Å²) in [6, 6.07) is 4.84. The van der Waals surface area contributed by atoms with Gasteiger partial charge in [0.25, 0.3) is 5.91 Å². The number of rotatable bonds is 4. The van der Waals surface area contributed by atoms with Gasteiger partial charge in [-0.1, -0.05) is 6.07 Å². The van der Waals surface area contributed by atoms with E-state index in [0.29, 0.717) is 6.07 Å². The first-order valence-corrected chi connectivity index (χ1v) is 10.8. The second-order valence-corrected chi connectivity index (χ2v) is 9.11. The Morgan fingerprint density at radius 3 is 2.28 bits per heavy atom. The van der Waals surface area contributed by atoms with Gasteiger partial charge in [0.2, 0.25) is 0 Å². The van der Waals surface area contributed by atoms with Gasteiger partial charge in [-0.15, -0.1) is 0 Å². The molecule has 0 radical (unpaired) electrons. The molecule has 1 fully saturated rings. The molecule has 0 aromatic carbocycles. The highest BCUT2D eigenvalue weighted by atomic mass is 19.4. The van der Waals surface area contributed by atoms with E-state index < -0.39 is 48.1 Å². The van der Waals surface area contributed by atoms with Crippen molar-refractivity contribution in [3.8, 4) is 0 Å². The Labute approximate surface area is 205 Å². The number of aromatic nitrogens is 2. The molecule has 0 N–H and O–H groups in total. The molecule has 3 heterocycles. The lowest BCUT2D eigenvalue weighted by atomic mass is 10.2. The molecule has 0 spiro atoms. The maximum atomic E-state index is 13.3. The Morgan fingerprint density at radius 2 is 1.69 bits per heavy atom. The van der Waals surface area contributed by atoms with E-state index in [0.717, 1.165) is 20.8 Å². The molecule has 1 aliphatic rings. The van der Waals surface area contributed by atoms with Crippen LogP contribution < -0.4 is 14.7 Å². The highest BCUT2D eigenvalue weighted by Gasteiger charge is 2.43. The summed E-state index contributed by atoms with van der Waals surface area (Å²) in [5.41, 5.74) is -1.73. The second-order valence-electron chi connectivity index (χ2n) is 9.11. The number of alkyl halides is 3. The van der Waals surface area contributed by atoms with Gasteiger partial charge in [0.1, 0.15) is 29.7 Å². The molecule has 0 saturated carbocycles. The molecule has 3 rings (SSSR count). The Morgan fingerprint density at radius 1 is 1.08 bits per heavy atom. The van der Waals surface area contributed by atoms with E-state index in [9.17, 15) is 27.6 Å². The largest absolute Gasteiger partial charge is 0.446 e. The molecule has 3 amide bonds. The minimum atomic E-state index is -4.67. The zero-order valence-electron chi connectivity index (χ0n) is 20.6. The number of amides is 3. The van der Waals surface area contributed by atoms with Gasteiger partial charge >= 0.3 is 18.4 Å². The number of halogens is 3. The Hall–Kier alpha value is -3.90. The predicted molar refractivity (Wildman–Crippen MR) is 124 cm³/mol. The molecule has 194 valence electrons. The predicted octanol–water partition coefficient (Wildman–Crippen LogP) is 4.16. The number of nitrogens with zero attached hydrogens (tertiary/aromatic N) is 5. The monoisotopic (exact) mass is 509 g/mol. The van der Waals surface area contributed by atoms with Crippen LogP contribution in [-0.2, 0) is 20.4 Å². The lowest BCUT2D eigenvalue weighted by molar-refractivity contribution is -0.137. The number of likely N-dealkylation sites (N-methyl/N-ethyl adjacent to an activating group) is 1. The molecule has 1 unspecified atom stereocenters. The molecule has 1 aliphatic heterocycles. The first kappa shape index (κ1) is 26.7. The van der Waals surface area contributed by atoms with Crippen LogP contribution in [0.5, 0.6) is 0 Å². The van der Waals surface area contributed by atoms with Crippen LogP contribution in [-0.4, -0.2) is 60.4 Å². The third kappa shape index (κ3) is 5.83. The highest BCUT2D eigenvalue weighted by Crippen LogP contribution is 2.33. The van der Waals surface area contributed by atoms with Crippen molar-refractivity contribution in [1.29, 1.82) is 0 Å². The lowest BCUT2D eigenvalue weighted by Gasteiger charge is -2.26. The first-order valence-electron chi connectivity index (χ1n) is 10.8. The van der Waals surface area contributed by atoms with E-state index >= 15 is 0 Å². The van der Waals surface area contributed by atoms with Crippen molar-refractivity contribution in [2.75, 3.05) is 35.4 Å². The van der Waals surface area contributed by atoms with Crippen LogP contribution in [0.3, 0.4) is 0 Å². The van der Waals surface area contributed by atoms with Gasteiger partial charge in [0.05, 0.1) is 5.56 Å². The van der Waals surface area contributed by atoms with Gasteiger partial charge in [0.15, 0.2) is 6.04 Å². The average Bonchev–Trinajstić information content (AvgIpc) is 3.16. The third-order valence-electron chi connectivity index (χ3n) is 5.08. The van der Waals surface area contributed by atoms with E-state index in [-0.39, 0.29) is 23.1 Å². The van der Waals surface area contributed by atoms with Crippen molar-refractivity contribution in [1.82, 2.24) is 9.97 Å². The Kier molecular flexibility index (Phi) is 7.14. The molecule has 0 bridgehead atoms. The second kappa shape index (κ2) is 9.63. The molecule has 1 saturated heterocycles. The van der Waals surface area contributed by atoms with Gasteiger partial charge < -0.3 is 9.47 Å². The molecule has 1 atom stereocenters. The third-order valence-corrected chi connectivity index (χ3v) is 5.08. The van der Waals surface area contributed by atoms with Crippen molar-refractivity contribution in [2.45, 2.75) is 45.5 Å². The lowest BCUT2D eigenvalue weighted by Crippen LogP contribution is -2.47. The van der Waals surface area contributed by atoms with E-state index in [2.05, 4.69) is 9.97 Å². The van der Waals surface area contributed by atoms with Crippen molar-refractivity contribution < 1.29 is 37.0 Å². The number of aryl methyl sites for hydroxylation is 1. The summed E-state index contributed by atoms with van der Waals surface area (Å²) in [6.45, 7) is 6.10. The maximum absolute atomic E-state index is 13.3. The summed E-state index contributed by atoms with van der Waals surface area (Å²) in [5.74, 6) is -0.724. The van der Waals surface area contributed by atoms with Crippen molar-refractivity contribution in [3.05, 3.63) is 41.6 Å².